The van der Waals surface area contributed by atoms with Crippen LogP contribution < -0.4 is 0 Å². The average Bonchev–Trinajstić information content (AvgIpc) is 1.95. The van der Waals surface area contributed by atoms with E-state index in [1.165, 1.54) is 4.42 Å². The van der Waals surface area contributed by atoms with Crippen LogP contribution in [0.2, 0.25) is 0 Å². The summed E-state index contributed by atoms with van der Waals surface area (Å²) in [6.45, 7) is 5.86. The van der Waals surface area contributed by atoms with Crippen LogP contribution in [0.3, 0.4) is 0 Å². The summed E-state index contributed by atoms with van der Waals surface area (Å²) >= 11 is 5.73. The Balaban J connectivity index is 2.81. The van der Waals surface area contributed by atoms with Crippen molar-refractivity contribution in [1.29, 1.82) is 0 Å². The van der Waals surface area contributed by atoms with Crippen molar-refractivity contribution in [3.8, 4) is 0 Å². The summed E-state index contributed by atoms with van der Waals surface area (Å²) < 4.78 is 1.32. The van der Waals surface area contributed by atoms with Crippen molar-refractivity contribution in [2.24, 2.45) is 5.92 Å². The van der Waals surface area contributed by atoms with E-state index in [9.17, 15) is 4.79 Å². The third-order valence-corrected chi connectivity index (χ3v) is 2.58. The molecule has 0 bridgehead atoms. The van der Waals surface area contributed by atoms with Gasteiger partial charge in [0.1, 0.15) is 0 Å². The topological polar surface area (TPSA) is 20.3 Å². The summed E-state index contributed by atoms with van der Waals surface area (Å²) in [6.07, 6.45) is 0.856. The maximum Gasteiger partial charge on any atom is 0.240 e. The maximum absolute atomic E-state index is 11.1. The second kappa shape index (κ2) is 2.12. The Morgan fingerprint density at radius 1 is 1.70 bits per heavy atom. The molecule has 0 saturated carbocycles. The van der Waals surface area contributed by atoms with Gasteiger partial charge in [-0.2, -0.15) is 0 Å². The highest BCUT2D eigenvalue weighted by Gasteiger charge is 2.41. The lowest BCUT2D eigenvalue weighted by Crippen LogP contribution is -2.32. The molecule has 58 valence electrons. The molecule has 0 N–H and O–H groups in total. The fourth-order valence-electron chi connectivity index (χ4n) is 1.41. The van der Waals surface area contributed by atoms with Crippen LogP contribution in [0.4, 0.5) is 0 Å². The molecule has 1 unspecified atom stereocenters. The van der Waals surface area contributed by atoms with Crippen molar-refractivity contribution in [2.45, 2.75) is 32.7 Å². The molecule has 0 radical (unpaired) electrons. The predicted molar refractivity (Wildman–Crippen MR) is 40.6 cm³/mol. The van der Waals surface area contributed by atoms with E-state index in [-0.39, 0.29) is 17.4 Å². The first-order valence-corrected chi connectivity index (χ1v) is 3.79. The molecule has 1 fully saturated rings. The van der Waals surface area contributed by atoms with E-state index in [4.69, 9.17) is 11.8 Å². The molecule has 1 aliphatic heterocycles. The minimum atomic E-state index is -0.155. The largest absolute Gasteiger partial charge is 0.273 e. The summed E-state index contributed by atoms with van der Waals surface area (Å²) in [5.41, 5.74) is -0.155. The van der Waals surface area contributed by atoms with Crippen LogP contribution >= 0.6 is 11.8 Å². The molecule has 1 heterocycles. The molecule has 0 aromatic heterocycles. The summed E-state index contributed by atoms with van der Waals surface area (Å²) in [6, 6.07) is 0. The zero-order valence-corrected chi connectivity index (χ0v) is 7.27. The lowest BCUT2D eigenvalue weighted by atomic mass is 9.98. The van der Waals surface area contributed by atoms with Crippen molar-refractivity contribution in [3.63, 3.8) is 0 Å². The zero-order chi connectivity index (χ0) is 7.94. The molecule has 0 aromatic carbocycles. The molecule has 2 nitrogen and oxygen atoms in total. The summed E-state index contributed by atoms with van der Waals surface area (Å²) in [5, 5.41) is 0. The number of amides is 1. The van der Waals surface area contributed by atoms with Crippen LogP contribution in [-0.4, -0.2) is 15.9 Å². The minimum Gasteiger partial charge on any atom is -0.273 e. The highest BCUT2D eigenvalue weighted by molar-refractivity contribution is 6.22. The third kappa shape index (κ3) is 1.01. The second-order valence-corrected chi connectivity index (χ2v) is 3.87. The SMILES string of the molecule is CC1CC(C)(C)N(Cl)C1=O. The fourth-order valence-corrected chi connectivity index (χ4v) is 1.64. The molecule has 1 aliphatic rings. The first kappa shape index (κ1) is 7.86. The zero-order valence-electron chi connectivity index (χ0n) is 6.52. The lowest BCUT2D eigenvalue weighted by molar-refractivity contribution is -0.127. The van der Waals surface area contributed by atoms with E-state index in [2.05, 4.69) is 0 Å². The normalized spacial score (nSPS) is 31.4. The van der Waals surface area contributed by atoms with E-state index in [0.717, 1.165) is 6.42 Å². The number of rotatable bonds is 0. The molecule has 10 heavy (non-hydrogen) atoms. The van der Waals surface area contributed by atoms with Gasteiger partial charge in [-0.3, -0.25) is 4.79 Å². The Morgan fingerprint density at radius 2 is 2.20 bits per heavy atom. The van der Waals surface area contributed by atoms with Crippen LogP contribution in [0.25, 0.3) is 0 Å². The Labute approximate surface area is 66.3 Å². The van der Waals surface area contributed by atoms with Crippen LogP contribution in [0.1, 0.15) is 27.2 Å². The molecule has 3 heteroatoms. The first-order valence-electron chi connectivity index (χ1n) is 3.45. The standard InChI is InChI=1S/C7H12ClNO/c1-5-4-7(2,3)9(8)6(5)10/h5H,4H2,1-3H3. The van der Waals surface area contributed by atoms with Crippen molar-refractivity contribution in [3.05, 3.63) is 0 Å². The quantitative estimate of drug-likeness (QED) is 0.496. The molecule has 1 rings (SSSR count). The number of nitrogens with zero attached hydrogens (tertiary/aromatic N) is 1. The Kier molecular flexibility index (Phi) is 1.67. The van der Waals surface area contributed by atoms with Gasteiger partial charge in [0.25, 0.3) is 0 Å². The molecule has 1 saturated heterocycles. The maximum atomic E-state index is 11.1. The van der Waals surface area contributed by atoms with Crippen LogP contribution in [0, 0.1) is 5.92 Å². The van der Waals surface area contributed by atoms with Crippen molar-refractivity contribution < 1.29 is 4.79 Å². The van der Waals surface area contributed by atoms with Crippen LogP contribution in [-0.2, 0) is 4.79 Å². The molecule has 0 spiro atoms. The van der Waals surface area contributed by atoms with Gasteiger partial charge < -0.3 is 0 Å². The van der Waals surface area contributed by atoms with Gasteiger partial charge in [0, 0.05) is 17.7 Å². The summed E-state index contributed by atoms with van der Waals surface area (Å²) in [4.78, 5) is 11.1. The van der Waals surface area contributed by atoms with Gasteiger partial charge in [0.05, 0.1) is 5.54 Å². The van der Waals surface area contributed by atoms with Gasteiger partial charge >= 0.3 is 0 Å². The summed E-state index contributed by atoms with van der Waals surface area (Å²) in [7, 11) is 0. The lowest BCUT2D eigenvalue weighted by Gasteiger charge is -2.23. The van der Waals surface area contributed by atoms with E-state index >= 15 is 0 Å². The van der Waals surface area contributed by atoms with Gasteiger partial charge in [-0.25, -0.2) is 4.42 Å². The fraction of sp³-hybridized carbons (Fsp3) is 0.857. The molecule has 1 atom stereocenters. The van der Waals surface area contributed by atoms with E-state index in [0.29, 0.717) is 0 Å². The molecule has 1 amide bonds. The van der Waals surface area contributed by atoms with Crippen molar-refractivity contribution >= 4 is 17.7 Å². The summed E-state index contributed by atoms with van der Waals surface area (Å²) in [5.74, 6) is 0.138. The van der Waals surface area contributed by atoms with Gasteiger partial charge in [-0.15, -0.1) is 0 Å². The number of hydrogen-bond acceptors (Lipinski definition) is 1. The highest BCUT2D eigenvalue weighted by atomic mass is 35.5. The Hall–Kier alpha value is -0.240. The molecule has 0 aliphatic carbocycles. The van der Waals surface area contributed by atoms with Gasteiger partial charge in [-0.1, -0.05) is 6.92 Å². The van der Waals surface area contributed by atoms with Crippen LogP contribution in [0.15, 0.2) is 0 Å². The average molecular weight is 162 g/mol. The van der Waals surface area contributed by atoms with E-state index < -0.39 is 0 Å². The number of halogens is 1. The van der Waals surface area contributed by atoms with Gasteiger partial charge in [0.2, 0.25) is 5.91 Å². The number of carbonyl (C=O) groups excluding carboxylic acids is 1. The van der Waals surface area contributed by atoms with E-state index in [1.807, 2.05) is 20.8 Å². The second-order valence-electron chi connectivity index (χ2n) is 3.54. The Bertz CT molecular complexity index is 167. The molecular formula is C7H12ClNO. The smallest absolute Gasteiger partial charge is 0.240 e. The van der Waals surface area contributed by atoms with Gasteiger partial charge in [-0.05, 0) is 20.3 Å². The van der Waals surface area contributed by atoms with Gasteiger partial charge in [0.15, 0.2) is 0 Å². The Morgan fingerprint density at radius 3 is 2.30 bits per heavy atom. The first-order chi connectivity index (χ1) is 4.45. The van der Waals surface area contributed by atoms with E-state index in [1.54, 1.807) is 0 Å². The van der Waals surface area contributed by atoms with Crippen molar-refractivity contribution in [1.82, 2.24) is 4.42 Å². The van der Waals surface area contributed by atoms with Crippen LogP contribution in [0.5, 0.6) is 0 Å². The highest BCUT2D eigenvalue weighted by Crippen LogP contribution is 2.34. The number of hydrogen-bond donors (Lipinski definition) is 0. The number of carbonyl (C=O) groups is 1. The predicted octanol–water partition coefficient (Wildman–Crippen LogP) is 1.79. The monoisotopic (exact) mass is 161 g/mol. The third-order valence-electron chi connectivity index (χ3n) is 1.95. The molecular weight excluding hydrogens is 150 g/mol. The van der Waals surface area contributed by atoms with Crippen molar-refractivity contribution in [2.75, 3.05) is 0 Å². The minimum absolute atomic E-state index is 0.0478. The molecule has 0 aromatic rings.